The van der Waals surface area contributed by atoms with Crippen LogP contribution in [0.4, 0.5) is 0 Å². The molecule has 0 bridgehead atoms. The van der Waals surface area contributed by atoms with Crippen LogP contribution in [0.1, 0.15) is 25.2 Å². The first-order valence-corrected chi connectivity index (χ1v) is 4.96. The van der Waals surface area contributed by atoms with Crippen molar-refractivity contribution >= 4 is 0 Å². The van der Waals surface area contributed by atoms with Gasteiger partial charge in [-0.2, -0.15) is 5.26 Å². The minimum absolute atomic E-state index is 0.288. The largest absolute Gasteiger partial charge is 0.378 e. The summed E-state index contributed by atoms with van der Waals surface area (Å²) in [5, 5.41) is 16.7. The van der Waals surface area contributed by atoms with E-state index < -0.39 is 0 Å². The van der Waals surface area contributed by atoms with Crippen LogP contribution in [-0.4, -0.2) is 22.1 Å². The maximum atomic E-state index is 8.64. The van der Waals surface area contributed by atoms with E-state index in [4.69, 9.17) is 10.00 Å². The van der Waals surface area contributed by atoms with Gasteiger partial charge >= 0.3 is 0 Å². The average Bonchev–Trinajstić information content (AvgIpc) is 2.51. The molecule has 0 atom stereocenters. The molecule has 0 fully saturated rings. The Morgan fingerprint density at radius 1 is 1.53 bits per heavy atom. The first-order valence-electron chi connectivity index (χ1n) is 4.96. The predicted octanol–water partition coefficient (Wildman–Crippen LogP) is 1.15. The molecule has 1 aromatic rings. The second-order valence-corrected chi connectivity index (χ2v) is 3.83. The van der Waals surface area contributed by atoms with Gasteiger partial charge < -0.3 is 4.74 Å². The first kappa shape index (κ1) is 11.7. The number of hydrogen-bond acceptors (Lipinski definition) is 4. The van der Waals surface area contributed by atoms with Crippen molar-refractivity contribution in [2.45, 2.75) is 33.4 Å². The molecule has 0 saturated carbocycles. The zero-order valence-corrected chi connectivity index (χ0v) is 9.40. The summed E-state index contributed by atoms with van der Waals surface area (Å²) in [6, 6.07) is 2.08. The molecular weight excluding hydrogens is 192 g/mol. The number of hydrogen-bond donors (Lipinski definition) is 0. The molecule has 0 amide bonds. The van der Waals surface area contributed by atoms with Gasteiger partial charge in [0.2, 0.25) is 0 Å². The molecule has 82 valence electrons. The van der Waals surface area contributed by atoms with Gasteiger partial charge in [0.25, 0.3) is 0 Å². The Bertz CT molecular complexity index is 351. The summed E-state index contributed by atoms with van der Waals surface area (Å²) in [4.78, 5) is 0. The van der Waals surface area contributed by atoms with Crippen LogP contribution < -0.4 is 0 Å². The molecule has 0 aliphatic carbocycles. The quantitative estimate of drug-likeness (QED) is 0.728. The Labute approximate surface area is 89.7 Å². The lowest BCUT2D eigenvalue weighted by atomic mass is 10.2. The second-order valence-electron chi connectivity index (χ2n) is 3.83. The number of aromatic nitrogens is 3. The fraction of sp³-hybridized carbons (Fsp3) is 0.700. The van der Waals surface area contributed by atoms with Crippen LogP contribution in [0.2, 0.25) is 0 Å². The highest BCUT2D eigenvalue weighted by Crippen LogP contribution is 2.09. The average molecular weight is 208 g/mol. The van der Waals surface area contributed by atoms with E-state index in [-0.39, 0.29) is 6.42 Å². The van der Waals surface area contributed by atoms with Crippen LogP contribution in [0, 0.1) is 17.2 Å². The highest BCUT2D eigenvalue weighted by atomic mass is 16.5. The molecule has 15 heavy (non-hydrogen) atoms. The van der Waals surface area contributed by atoms with Crippen LogP contribution in [0.3, 0.4) is 0 Å². The summed E-state index contributed by atoms with van der Waals surface area (Å²) >= 11 is 0. The molecule has 0 saturated heterocycles. The highest BCUT2D eigenvalue weighted by Gasteiger charge is 2.12. The van der Waals surface area contributed by atoms with Crippen molar-refractivity contribution < 1.29 is 4.74 Å². The molecule has 1 rings (SSSR count). The Hall–Kier alpha value is -1.41. The highest BCUT2D eigenvalue weighted by molar-refractivity contribution is 5.13. The molecular formula is C10H16N4O. The van der Waals surface area contributed by atoms with Gasteiger partial charge in [-0.15, -0.1) is 5.10 Å². The second kappa shape index (κ2) is 5.47. The van der Waals surface area contributed by atoms with Gasteiger partial charge in [0.1, 0.15) is 5.69 Å². The number of rotatable bonds is 5. The fourth-order valence-corrected chi connectivity index (χ4v) is 1.37. The van der Waals surface area contributed by atoms with Gasteiger partial charge in [-0.25, -0.2) is 4.68 Å². The molecule has 0 aliphatic rings. The summed E-state index contributed by atoms with van der Waals surface area (Å²) in [6.07, 6.45) is 0.288. The molecule has 5 heteroatoms. The predicted molar refractivity (Wildman–Crippen MR) is 54.9 cm³/mol. The lowest BCUT2D eigenvalue weighted by molar-refractivity contribution is 0.174. The van der Waals surface area contributed by atoms with E-state index >= 15 is 0 Å². The minimum Gasteiger partial charge on any atom is -0.378 e. The SMILES string of the molecule is COCc1c(CC#N)nnn1CC(C)C. The van der Waals surface area contributed by atoms with Crippen molar-refractivity contribution in [3.05, 3.63) is 11.4 Å². The third kappa shape index (κ3) is 3.03. The summed E-state index contributed by atoms with van der Waals surface area (Å²) in [6.45, 7) is 5.48. The van der Waals surface area contributed by atoms with Crippen molar-refractivity contribution in [1.29, 1.82) is 5.26 Å². The summed E-state index contributed by atoms with van der Waals surface area (Å²) in [7, 11) is 1.63. The maximum absolute atomic E-state index is 8.64. The normalized spacial score (nSPS) is 10.6. The zero-order valence-electron chi connectivity index (χ0n) is 9.40. The van der Waals surface area contributed by atoms with Gasteiger partial charge in [0.15, 0.2) is 0 Å². The van der Waals surface area contributed by atoms with Crippen molar-refractivity contribution in [2.24, 2.45) is 5.92 Å². The molecule has 5 nitrogen and oxygen atoms in total. The topological polar surface area (TPSA) is 63.7 Å². The molecule has 0 N–H and O–H groups in total. The van der Waals surface area contributed by atoms with Gasteiger partial charge in [0.05, 0.1) is 24.8 Å². The van der Waals surface area contributed by atoms with Crippen LogP contribution in [0.15, 0.2) is 0 Å². The molecule has 0 radical (unpaired) electrons. The van der Waals surface area contributed by atoms with Crippen LogP contribution in [0.5, 0.6) is 0 Å². The van der Waals surface area contributed by atoms with Crippen molar-refractivity contribution in [3.63, 3.8) is 0 Å². The molecule has 1 heterocycles. The number of nitriles is 1. The molecule has 0 aromatic carbocycles. The van der Waals surface area contributed by atoms with Crippen molar-refractivity contribution in [2.75, 3.05) is 7.11 Å². The lowest BCUT2D eigenvalue weighted by Crippen LogP contribution is -2.11. The zero-order chi connectivity index (χ0) is 11.3. The van der Waals surface area contributed by atoms with E-state index in [2.05, 4.69) is 30.2 Å². The Morgan fingerprint density at radius 2 is 2.27 bits per heavy atom. The van der Waals surface area contributed by atoms with Gasteiger partial charge in [0, 0.05) is 13.7 Å². The molecule has 0 spiro atoms. The number of nitrogens with zero attached hydrogens (tertiary/aromatic N) is 4. The molecule has 1 aromatic heterocycles. The van der Waals surface area contributed by atoms with E-state index in [0.29, 0.717) is 12.5 Å². The van der Waals surface area contributed by atoms with Gasteiger partial charge in [-0.1, -0.05) is 19.1 Å². The summed E-state index contributed by atoms with van der Waals surface area (Å²) < 4.78 is 6.91. The third-order valence-electron chi connectivity index (χ3n) is 1.98. The molecule has 0 aliphatic heterocycles. The van der Waals surface area contributed by atoms with Crippen LogP contribution in [0.25, 0.3) is 0 Å². The van der Waals surface area contributed by atoms with E-state index in [1.54, 1.807) is 7.11 Å². The van der Waals surface area contributed by atoms with Crippen molar-refractivity contribution in [3.8, 4) is 6.07 Å². The van der Waals surface area contributed by atoms with E-state index in [0.717, 1.165) is 17.9 Å². The Balaban J connectivity index is 2.90. The first-order chi connectivity index (χ1) is 7.19. The van der Waals surface area contributed by atoms with E-state index in [1.807, 2.05) is 4.68 Å². The maximum Gasteiger partial charge on any atom is 0.102 e. The lowest BCUT2D eigenvalue weighted by Gasteiger charge is -2.08. The smallest absolute Gasteiger partial charge is 0.102 e. The summed E-state index contributed by atoms with van der Waals surface area (Å²) in [5.41, 5.74) is 1.63. The van der Waals surface area contributed by atoms with E-state index in [9.17, 15) is 0 Å². The van der Waals surface area contributed by atoms with Gasteiger partial charge in [-0.05, 0) is 5.92 Å². The van der Waals surface area contributed by atoms with Crippen LogP contribution in [-0.2, 0) is 24.3 Å². The van der Waals surface area contributed by atoms with Crippen molar-refractivity contribution in [1.82, 2.24) is 15.0 Å². The minimum atomic E-state index is 0.288. The van der Waals surface area contributed by atoms with Gasteiger partial charge in [-0.3, -0.25) is 0 Å². The van der Waals surface area contributed by atoms with E-state index in [1.165, 1.54) is 0 Å². The summed E-state index contributed by atoms with van der Waals surface area (Å²) in [5.74, 6) is 0.497. The fourth-order valence-electron chi connectivity index (χ4n) is 1.37. The number of methoxy groups -OCH3 is 1. The number of ether oxygens (including phenoxy) is 1. The standard InChI is InChI=1S/C10H16N4O/c1-8(2)6-14-10(7-15-3)9(4-5-11)12-13-14/h8H,4,6-7H2,1-3H3. The molecule has 0 unspecified atom stereocenters. The third-order valence-corrected chi connectivity index (χ3v) is 1.98. The monoisotopic (exact) mass is 208 g/mol. The Morgan fingerprint density at radius 3 is 2.80 bits per heavy atom. The Kier molecular flexibility index (Phi) is 4.25. The van der Waals surface area contributed by atoms with Crippen LogP contribution >= 0.6 is 0 Å².